The van der Waals surface area contributed by atoms with Gasteiger partial charge >= 0.3 is 0 Å². The molecule has 2 heterocycles. The molecule has 29 heavy (non-hydrogen) atoms. The Hall–Kier alpha value is -2.59. The van der Waals surface area contributed by atoms with Gasteiger partial charge in [-0.25, -0.2) is 0 Å². The smallest absolute Gasteiger partial charge is 0.241 e. The van der Waals surface area contributed by atoms with Crippen LogP contribution in [-0.4, -0.2) is 49.1 Å². The van der Waals surface area contributed by atoms with E-state index in [0.29, 0.717) is 6.54 Å². The molecular weight excluding hydrogens is 358 g/mol. The maximum absolute atomic E-state index is 13.4. The average Bonchev–Trinajstić information content (AvgIpc) is 2.69. The summed E-state index contributed by atoms with van der Waals surface area (Å²) >= 11 is 0. The number of para-hydroxylation sites is 1. The van der Waals surface area contributed by atoms with Gasteiger partial charge in [-0.3, -0.25) is 9.69 Å². The number of hydrogen-bond acceptors (Lipinski definition) is 3. The van der Waals surface area contributed by atoms with E-state index in [9.17, 15) is 4.79 Å². The lowest BCUT2D eigenvalue weighted by molar-refractivity contribution is -0.120. The minimum absolute atomic E-state index is 0.178. The fraction of sp³-hybridized carbons (Fsp3) is 0.400. The second-order valence-electron chi connectivity index (χ2n) is 8.83. The van der Waals surface area contributed by atoms with E-state index in [1.165, 1.54) is 22.4 Å². The van der Waals surface area contributed by atoms with E-state index in [1.807, 2.05) is 11.0 Å². The van der Waals surface area contributed by atoms with Crippen molar-refractivity contribution in [1.29, 1.82) is 0 Å². The lowest BCUT2D eigenvalue weighted by Crippen LogP contribution is -2.55. The maximum Gasteiger partial charge on any atom is 0.241 e. The predicted octanol–water partition coefficient (Wildman–Crippen LogP) is 4.35. The number of carbonyl (C=O) groups is 1. The zero-order valence-electron chi connectivity index (χ0n) is 18.0. The maximum atomic E-state index is 13.4. The highest BCUT2D eigenvalue weighted by Crippen LogP contribution is 2.39. The number of nitrogens with zero attached hydrogens (tertiary/aromatic N) is 3. The van der Waals surface area contributed by atoms with E-state index >= 15 is 0 Å². The van der Waals surface area contributed by atoms with Gasteiger partial charge in [0.15, 0.2) is 0 Å². The molecule has 2 aliphatic heterocycles. The first-order chi connectivity index (χ1) is 13.8. The van der Waals surface area contributed by atoms with Crippen molar-refractivity contribution in [2.24, 2.45) is 0 Å². The number of fused-ring (bicyclic) bond motifs is 1. The van der Waals surface area contributed by atoms with Gasteiger partial charge in [0.1, 0.15) is 0 Å². The Morgan fingerprint density at radius 3 is 2.34 bits per heavy atom. The molecule has 0 saturated carbocycles. The molecule has 4 rings (SSSR count). The topological polar surface area (TPSA) is 26.8 Å². The average molecular weight is 390 g/mol. The molecule has 0 spiro atoms. The van der Waals surface area contributed by atoms with E-state index in [1.54, 1.807) is 0 Å². The van der Waals surface area contributed by atoms with Crippen LogP contribution in [0, 0.1) is 6.92 Å². The molecule has 2 aliphatic rings. The standard InChI is InChI=1S/C25H31N3O/c1-19-10-11-23-22(16-19)20(2)17-25(3,4)28(23)24(29)18-26-12-14-27(15-13-26)21-8-6-5-7-9-21/h5-11,16-17H,12-15,18H2,1-4H3. The van der Waals surface area contributed by atoms with Crippen molar-refractivity contribution >= 4 is 22.9 Å². The van der Waals surface area contributed by atoms with Crippen LogP contribution >= 0.6 is 0 Å². The molecule has 0 atom stereocenters. The van der Waals surface area contributed by atoms with Crippen LogP contribution in [0.25, 0.3) is 5.57 Å². The van der Waals surface area contributed by atoms with Gasteiger partial charge in [-0.2, -0.15) is 0 Å². The summed E-state index contributed by atoms with van der Waals surface area (Å²) in [4.78, 5) is 20.1. The Balaban J connectivity index is 1.47. The van der Waals surface area contributed by atoms with Gasteiger partial charge in [0, 0.05) is 37.4 Å². The Morgan fingerprint density at radius 1 is 0.966 bits per heavy atom. The van der Waals surface area contributed by atoms with Crippen LogP contribution in [0.15, 0.2) is 54.6 Å². The molecule has 0 aromatic heterocycles. The highest BCUT2D eigenvalue weighted by atomic mass is 16.2. The normalized spacial score (nSPS) is 19.0. The van der Waals surface area contributed by atoms with Crippen LogP contribution in [0.4, 0.5) is 11.4 Å². The second kappa shape index (κ2) is 7.68. The van der Waals surface area contributed by atoms with E-state index in [-0.39, 0.29) is 11.4 Å². The molecule has 0 N–H and O–H groups in total. The largest absolute Gasteiger partial charge is 0.369 e. The summed E-state index contributed by atoms with van der Waals surface area (Å²) in [6.07, 6.45) is 2.22. The van der Waals surface area contributed by atoms with Crippen LogP contribution < -0.4 is 9.80 Å². The van der Waals surface area contributed by atoms with E-state index in [0.717, 1.165) is 31.9 Å². The molecule has 2 aromatic rings. The van der Waals surface area contributed by atoms with Gasteiger partial charge in [0.25, 0.3) is 0 Å². The number of amides is 1. The van der Waals surface area contributed by atoms with E-state index < -0.39 is 0 Å². The molecule has 0 aliphatic carbocycles. The van der Waals surface area contributed by atoms with Crippen molar-refractivity contribution in [3.05, 3.63) is 65.7 Å². The van der Waals surface area contributed by atoms with Gasteiger partial charge in [0.2, 0.25) is 5.91 Å². The first-order valence-corrected chi connectivity index (χ1v) is 10.5. The SMILES string of the molecule is CC1=CC(C)(C)N(C(=O)CN2CCN(c3ccccc3)CC2)c2ccc(C)cc21. The number of allylic oxidation sites excluding steroid dienone is 1. The van der Waals surface area contributed by atoms with Gasteiger partial charge < -0.3 is 9.80 Å². The van der Waals surface area contributed by atoms with Crippen molar-refractivity contribution in [1.82, 2.24) is 4.90 Å². The van der Waals surface area contributed by atoms with Gasteiger partial charge in [0.05, 0.1) is 17.8 Å². The fourth-order valence-electron chi connectivity index (χ4n) is 4.66. The van der Waals surface area contributed by atoms with Crippen LogP contribution in [0.1, 0.15) is 31.9 Å². The molecule has 1 fully saturated rings. The molecule has 4 heteroatoms. The Kier molecular flexibility index (Phi) is 5.22. The van der Waals surface area contributed by atoms with E-state index in [2.05, 4.69) is 86.0 Å². The minimum atomic E-state index is -0.324. The first kappa shape index (κ1) is 19.7. The Bertz CT molecular complexity index is 924. The van der Waals surface area contributed by atoms with Crippen molar-refractivity contribution in [2.45, 2.75) is 33.2 Å². The van der Waals surface area contributed by atoms with E-state index in [4.69, 9.17) is 0 Å². The summed E-state index contributed by atoms with van der Waals surface area (Å²) in [5.74, 6) is 0.178. The first-order valence-electron chi connectivity index (χ1n) is 10.5. The molecular formula is C25H31N3O. The monoisotopic (exact) mass is 389 g/mol. The lowest BCUT2D eigenvalue weighted by Gasteiger charge is -2.43. The molecule has 1 amide bonds. The van der Waals surface area contributed by atoms with Crippen LogP contribution in [0.2, 0.25) is 0 Å². The molecule has 4 nitrogen and oxygen atoms in total. The third-order valence-corrected chi connectivity index (χ3v) is 6.07. The third-order valence-electron chi connectivity index (χ3n) is 6.07. The van der Waals surface area contributed by atoms with Crippen LogP contribution in [0.3, 0.4) is 0 Å². The van der Waals surface area contributed by atoms with Crippen LogP contribution in [0.5, 0.6) is 0 Å². The number of hydrogen-bond donors (Lipinski definition) is 0. The van der Waals surface area contributed by atoms with Crippen molar-refractivity contribution in [2.75, 3.05) is 42.5 Å². The zero-order valence-corrected chi connectivity index (χ0v) is 18.0. The second-order valence-corrected chi connectivity index (χ2v) is 8.83. The van der Waals surface area contributed by atoms with Gasteiger partial charge in [-0.05, 0) is 57.5 Å². The van der Waals surface area contributed by atoms with Gasteiger partial charge in [-0.1, -0.05) is 35.9 Å². The summed E-state index contributed by atoms with van der Waals surface area (Å²) in [5, 5.41) is 0. The number of carbonyl (C=O) groups excluding carboxylic acids is 1. The van der Waals surface area contributed by atoms with Crippen molar-refractivity contribution < 1.29 is 4.79 Å². The number of piperazine rings is 1. The molecule has 0 radical (unpaired) electrons. The summed E-state index contributed by atoms with van der Waals surface area (Å²) in [6.45, 7) is 12.7. The highest BCUT2D eigenvalue weighted by molar-refractivity contribution is 6.01. The summed E-state index contributed by atoms with van der Waals surface area (Å²) in [6, 6.07) is 16.9. The quantitative estimate of drug-likeness (QED) is 0.781. The van der Waals surface area contributed by atoms with Crippen LogP contribution in [-0.2, 0) is 4.79 Å². The Morgan fingerprint density at radius 2 is 1.66 bits per heavy atom. The minimum Gasteiger partial charge on any atom is -0.369 e. The summed E-state index contributed by atoms with van der Waals surface area (Å²) < 4.78 is 0. The third kappa shape index (κ3) is 3.95. The molecule has 152 valence electrons. The van der Waals surface area contributed by atoms with Crippen molar-refractivity contribution in [3.8, 4) is 0 Å². The Labute approximate surface area is 174 Å². The summed E-state index contributed by atoms with van der Waals surface area (Å²) in [5.41, 5.74) is 5.62. The van der Waals surface area contributed by atoms with Crippen molar-refractivity contribution in [3.63, 3.8) is 0 Å². The predicted molar refractivity (Wildman–Crippen MR) is 121 cm³/mol. The summed E-state index contributed by atoms with van der Waals surface area (Å²) in [7, 11) is 0. The number of benzene rings is 2. The molecule has 0 unspecified atom stereocenters. The molecule has 1 saturated heterocycles. The number of anilines is 2. The number of aryl methyl sites for hydroxylation is 1. The van der Waals surface area contributed by atoms with Gasteiger partial charge in [-0.15, -0.1) is 0 Å². The number of rotatable bonds is 3. The lowest BCUT2D eigenvalue weighted by atomic mass is 9.88. The zero-order chi connectivity index (χ0) is 20.6. The molecule has 2 aromatic carbocycles. The molecule has 0 bridgehead atoms. The highest BCUT2D eigenvalue weighted by Gasteiger charge is 2.36. The fourth-order valence-corrected chi connectivity index (χ4v) is 4.66.